The van der Waals surface area contributed by atoms with Gasteiger partial charge in [-0.3, -0.25) is 0 Å². The zero-order valence-corrected chi connectivity index (χ0v) is 14.2. The predicted molar refractivity (Wildman–Crippen MR) is 91.2 cm³/mol. The zero-order chi connectivity index (χ0) is 16.2. The van der Waals surface area contributed by atoms with Crippen LogP contribution in [0.4, 0.5) is 0 Å². The first kappa shape index (κ1) is 15.6. The van der Waals surface area contributed by atoms with Crippen LogP contribution in [0, 0.1) is 13.8 Å². The van der Waals surface area contributed by atoms with Crippen LogP contribution in [-0.4, -0.2) is 27.1 Å². The van der Waals surface area contributed by atoms with Crippen molar-refractivity contribution in [2.45, 2.75) is 24.6 Å². The molecule has 2 heterocycles. The van der Waals surface area contributed by atoms with E-state index < -0.39 is 0 Å². The smallest absolute Gasteiger partial charge is 0.175 e. The largest absolute Gasteiger partial charge is 0.497 e. The van der Waals surface area contributed by atoms with Crippen molar-refractivity contribution in [3.8, 4) is 11.6 Å². The van der Waals surface area contributed by atoms with E-state index in [9.17, 15) is 0 Å². The summed E-state index contributed by atoms with van der Waals surface area (Å²) in [6.07, 6.45) is 0. The molecule has 6 heteroatoms. The first-order chi connectivity index (χ1) is 11.2. The van der Waals surface area contributed by atoms with Crippen LogP contribution < -0.4 is 4.74 Å². The van der Waals surface area contributed by atoms with E-state index in [1.54, 1.807) is 23.6 Å². The van der Waals surface area contributed by atoms with Gasteiger partial charge in [0.2, 0.25) is 0 Å². The van der Waals surface area contributed by atoms with Crippen LogP contribution in [0.5, 0.6) is 5.75 Å². The fourth-order valence-electron chi connectivity index (χ4n) is 2.24. The second kappa shape index (κ2) is 6.83. The van der Waals surface area contributed by atoms with Gasteiger partial charge in [0.1, 0.15) is 10.8 Å². The Morgan fingerprint density at radius 1 is 1.04 bits per heavy atom. The molecule has 0 aliphatic heterocycles. The lowest BCUT2D eigenvalue weighted by atomic mass is 10.2. The van der Waals surface area contributed by atoms with E-state index in [0.717, 1.165) is 33.7 Å². The van der Waals surface area contributed by atoms with Crippen molar-refractivity contribution in [1.29, 1.82) is 0 Å². The molecule has 0 bridgehead atoms. The van der Waals surface area contributed by atoms with Gasteiger partial charge in [0.05, 0.1) is 12.8 Å². The van der Waals surface area contributed by atoms with Crippen molar-refractivity contribution in [1.82, 2.24) is 20.0 Å². The molecule has 0 fully saturated rings. The summed E-state index contributed by atoms with van der Waals surface area (Å²) in [5.74, 6) is 2.45. The predicted octanol–water partition coefficient (Wildman–Crippen LogP) is 3.58. The number of hydrogen-bond acceptors (Lipinski definition) is 5. The highest BCUT2D eigenvalue weighted by atomic mass is 32.2. The Hall–Kier alpha value is -2.34. The molecule has 0 radical (unpaired) electrons. The highest BCUT2D eigenvalue weighted by Gasteiger charge is 2.06. The Kier molecular flexibility index (Phi) is 4.62. The molecule has 2 aromatic heterocycles. The number of ether oxygens (including phenoxy) is 1. The molecule has 0 unspecified atom stereocenters. The summed E-state index contributed by atoms with van der Waals surface area (Å²) in [4.78, 5) is 0. The van der Waals surface area contributed by atoms with Crippen LogP contribution in [0.1, 0.15) is 17.0 Å². The quantitative estimate of drug-likeness (QED) is 0.671. The van der Waals surface area contributed by atoms with E-state index in [-0.39, 0.29) is 0 Å². The van der Waals surface area contributed by atoms with Crippen LogP contribution in [-0.2, 0) is 5.75 Å². The lowest BCUT2D eigenvalue weighted by Crippen LogP contribution is -2.03. The molecule has 0 aliphatic rings. The van der Waals surface area contributed by atoms with Gasteiger partial charge in [0.25, 0.3) is 0 Å². The lowest BCUT2D eigenvalue weighted by molar-refractivity contribution is 0.414. The lowest BCUT2D eigenvalue weighted by Gasteiger charge is -2.05. The Morgan fingerprint density at radius 3 is 2.39 bits per heavy atom. The monoisotopic (exact) mass is 326 g/mol. The molecule has 1 aromatic carbocycles. The minimum atomic E-state index is 0.740. The average molecular weight is 326 g/mol. The second-order valence-corrected chi connectivity index (χ2v) is 6.20. The summed E-state index contributed by atoms with van der Waals surface area (Å²) < 4.78 is 6.97. The topological polar surface area (TPSA) is 52.8 Å². The molecular formula is C17H18N4OS. The van der Waals surface area contributed by atoms with Crippen LogP contribution >= 0.6 is 11.8 Å². The number of rotatable bonds is 5. The van der Waals surface area contributed by atoms with Gasteiger partial charge in [-0.2, -0.15) is 5.10 Å². The van der Waals surface area contributed by atoms with E-state index in [0.29, 0.717) is 0 Å². The van der Waals surface area contributed by atoms with Crippen molar-refractivity contribution >= 4 is 11.8 Å². The minimum absolute atomic E-state index is 0.740. The number of hydrogen-bond donors (Lipinski definition) is 0. The highest BCUT2D eigenvalue weighted by Crippen LogP contribution is 2.22. The highest BCUT2D eigenvalue weighted by molar-refractivity contribution is 7.98. The maximum atomic E-state index is 5.16. The molecule has 23 heavy (non-hydrogen) atoms. The van der Waals surface area contributed by atoms with E-state index in [1.165, 1.54) is 5.56 Å². The summed E-state index contributed by atoms with van der Waals surface area (Å²) in [6, 6.07) is 14.0. The summed E-state index contributed by atoms with van der Waals surface area (Å²) >= 11 is 1.66. The van der Waals surface area contributed by atoms with Crippen molar-refractivity contribution in [3.63, 3.8) is 0 Å². The van der Waals surface area contributed by atoms with E-state index in [1.807, 2.05) is 44.2 Å². The summed E-state index contributed by atoms with van der Waals surface area (Å²) in [6.45, 7) is 3.98. The molecule has 0 atom stereocenters. The number of nitrogens with zero attached hydrogens (tertiary/aromatic N) is 4. The van der Waals surface area contributed by atoms with Crippen LogP contribution in [0.15, 0.2) is 47.5 Å². The summed E-state index contributed by atoms with van der Waals surface area (Å²) in [5, 5.41) is 13.9. The van der Waals surface area contributed by atoms with Gasteiger partial charge in [-0.1, -0.05) is 23.9 Å². The normalized spacial score (nSPS) is 10.7. The Bertz CT molecular complexity index is 781. The van der Waals surface area contributed by atoms with Crippen molar-refractivity contribution in [3.05, 3.63) is 59.4 Å². The van der Waals surface area contributed by atoms with Gasteiger partial charge >= 0.3 is 0 Å². The molecule has 0 aliphatic carbocycles. The standard InChI is InChI=1S/C17H18N4OS/c1-12-10-13(2)21(20-12)16-8-9-17(19-18-16)23-11-14-4-6-15(22-3)7-5-14/h4-10H,11H2,1-3H3. The molecule has 0 saturated heterocycles. The number of thioether (sulfide) groups is 1. The Morgan fingerprint density at radius 2 is 1.83 bits per heavy atom. The molecule has 0 amide bonds. The Labute approximate surface area is 139 Å². The van der Waals surface area contributed by atoms with Gasteiger partial charge in [0, 0.05) is 11.4 Å². The van der Waals surface area contributed by atoms with Crippen molar-refractivity contribution < 1.29 is 4.74 Å². The summed E-state index contributed by atoms with van der Waals surface area (Å²) in [5.41, 5.74) is 3.25. The molecule has 0 N–H and O–H groups in total. The Balaban J connectivity index is 1.66. The third-order valence-electron chi connectivity index (χ3n) is 3.40. The number of aromatic nitrogens is 4. The van der Waals surface area contributed by atoms with E-state index >= 15 is 0 Å². The first-order valence-corrected chi connectivity index (χ1v) is 8.27. The fourth-order valence-corrected chi connectivity index (χ4v) is 3.01. The van der Waals surface area contributed by atoms with Crippen molar-refractivity contribution in [2.24, 2.45) is 0 Å². The van der Waals surface area contributed by atoms with E-state index in [2.05, 4.69) is 27.4 Å². The zero-order valence-electron chi connectivity index (χ0n) is 13.4. The molecule has 118 valence electrons. The maximum absolute atomic E-state index is 5.16. The van der Waals surface area contributed by atoms with Gasteiger partial charge in [-0.15, -0.1) is 10.2 Å². The van der Waals surface area contributed by atoms with Crippen LogP contribution in [0.25, 0.3) is 5.82 Å². The molecule has 3 rings (SSSR count). The summed E-state index contributed by atoms with van der Waals surface area (Å²) in [7, 11) is 1.67. The number of aryl methyl sites for hydroxylation is 2. The number of benzene rings is 1. The van der Waals surface area contributed by atoms with Crippen LogP contribution in [0.3, 0.4) is 0 Å². The third-order valence-corrected chi connectivity index (χ3v) is 4.39. The first-order valence-electron chi connectivity index (χ1n) is 7.29. The number of methoxy groups -OCH3 is 1. The van der Waals surface area contributed by atoms with Gasteiger partial charge in [-0.25, -0.2) is 4.68 Å². The van der Waals surface area contributed by atoms with E-state index in [4.69, 9.17) is 4.74 Å². The van der Waals surface area contributed by atoms with Crippen LogP contribution in [0.2, 0.25) is 0 Å². The average Bonchev–Trinajstić information content (AvgIpc) is 2.92. The van der Waals surface area contributed by atoms with Gasteiger partial charge < -0.3 is 4.74 Å². The molecule has 5 nitrogen and oxygen atoms in total. The maximum Gasteiger partial charge on any atom is 0.175 e. The fraction of sp³-hybridized carbons (Fsp3) is 0.235. The minimum Gasteiger partial charge on any atom is -0.497 e. The molecule has 0 saturated carbocycles. The van der Waals surface area contributed by atoms with Gasteiger partial charge in [-0.05, 0) is 49.7 Å². The van der Waals surface area contributed by atoms with Gasteiger partial charge in [0.15, 0.2) is 5.82 Å². The molecule has 0 spiro atoms. The third kappa shape index (κ3) is 3.71. The molecular weight excluding hydrogens is 308 g/mol. The SMILES string of the molecule is COc1ccc(CSc2ccc(-n3nc(C)cc3C)nn2)cc1. The second-order valence-electron chi connectivity index (χ2n) is 5.21. The molecule has 3 aromatic rings. The van der Waals surface area contributed by atoms with Crippen molar-refractivity contribution in [2.75, 3.05) is 7.11 Å².